The molecule has 1 heteroatoms. The number of fused-ring (bicyclic) bond motifs is 1. The van der Waals surface area contributed by atoms with Crippen LogP contribution in [-0.2, 0) is 5.54 Å². The first kappa shape index (κ1) is 12.2. The van der Waals surface area contributed by atoms with Crippen LogP contribution in [0.1, 0.15) is 43.0 Å². The Morgan fingerprint density at radius 3 is 1.35 bits per heavy atom. The van der Waals surface area contributed by atoms with Crippen LogP contribution in [0.25, 0.3) is 10.8 Å². The van der Waals surface area contributed by atoms with Crippen molar-refractivity contribution in [3.63, 3.8) is 0 Å². The van der Waals surface area contributed by atoms with Gasteiger partial charge in [-0.15, -0.1) is 0 Å². The number of hydrogen-bond acceptors (Lipinski definition) is 0. The van der Waals surface area contributed by atoms with Gasteiger partial charge in [-0.3, -0.25) is 0 Å². The van der Waals surface area contributed by atoms with Crippen LogP contribution in [0.2, 0.25) is 0 Å². The molecule has 0 amide bonds. The fourth-order valence-corrected chi connectivity index (χ4v) is 2.41. The predicted octanol–water partition coefficient (Wildman–Crippen LogP) is 4.63. The lowest BCUT2D eigenvalue weighted by molar-refractivity contribution is 0.399. The van der Waals surface area contributed by atoms with E-state index in [2.05, 4.69) is 65.4 Å². The number of rotatable bonds is 0. The van der Waals surface area contributed by atoms with Gasteiger partial charge in [0.05, 0.1) is 0 Å². The lowest BCUT2D eigenvalue weighted by Crippen LogP contribution is -2.19. The highest BCUT2D eigenvalue weighted by atomic mass is 15.0. The van der Waals surface area contributed by atoms with E-state index in [1.807, 2.05) is 0 Å². The van der Waals surface area contributed by atoms with Crippen LogP contribution in [0.4, 0.5) is 0 Å². The molecule has 17 heavy (non-hydrogen) atoms. The molecule has 2 aromatic rings. The summed E-state index contributed by atoms with van der Waals surface area (Å²) in [6.45, 7) is 15.7. The molecule has 0 aliphatic rings. The van der Waals surface area contributed by atoms with Crippen molar-refractivity contribution < 1.29 is 0 Å². The number of aryl methyl sites for hydroxylation is 2. The third kappa shape index (κ3) is 1.78. The number of nitrogens with zero attached hydrogens (tertiary/aromatic N) is 1. The van der Waals surface area contributed by atoms with E-state index < -0.39 is 0 Å². The summed E-state index contributed by atoms with van der Waals surface area (Å²) in [5, 5.41) is 2.81. The van der Waals surface area contributed by atoms with E-state index in [9.17, 15) is 0 Å². The van der Waals surface area contributed by atoms with Crippen molar-refractivity contribution in [2.45, 2.75) is 54.0 Å². The summed E-state index contributed by atoms with van der Waals surface area (Å²) in [5.74, 6) is 0. The third-order valence-corrected chi connectivity index (χ3v) is 4.10. The van der Waals surface area contributed by atoms with Crippen molar-refractivity contribution in [1.82, 2.24) is 4.57 Å². The molecule has 0 saturated carbocycles. The molecule has 1 heterocycles. The van der Waals surface area contributed by atoms with Crippen LogP contribution in [0.5, 0.6) is 0 Å². The van der Waals surface area contributed by atoms with Gasteiger partial charge in [-0.05, 0) is 70.7 Å². The van der Waals surface area contributed by atoms with Crippen LogP contribution in [0, 0.1) is 27.7 Å². The molecule has 0 unspecified atom stereocenters. The monoisotopic (exact) mass is 229 g/mol. The maximum atomic E-state index is 2.33. The summed E-state index contributed by atoms with van der Waals surface area (Å²) >= 11 is 0. The van der Waals surface area contributed by atoms with Crippen molar-refractivity contribution in [3.05, 3.63) is 34.6 Å². The fraction of sp³-hybridized carbons (Fsp3) is 0.500. The first-order chi connectivity index (χ1) is 7.73. The second-order valence-corrected chi connectivity index (χ2v) is 6.16. The first-order valence-corrected chi connectivity index (χ1v) is 6.32. The quantitative estimate of drug-likeness (QED) is 0.620. The number of aromatic nitrogens is 1. The minimum Gasteiger partial charge on any atom is -0.348 e. The molecule has 92 valence electrons. The molecule has 2 rings (SSSR count). The van der Waals surface area contributed by atoms with Gasteiger partial charge in [-0.2, -0.15) is 0 Å². The van der Waals surface area contributed by atoms with Gasteiger partial charge in [-0.1, -0.05) is 0 Å². The van der Waals surface area contributed by atoms with Crippen molar-refractivity contribution in [2.75, 3.05) is 0 Å². The highest BCUT2D eigenvalue weighted by Gasteiger charge is 2.16. The Hall–Kier alpha value is -1.24. The largest absolute Gasteiger partial charge is 0.348 e. The van der Waals surface area contributed by atoms with Crippen molar-refractivity contribution in [3.8, 4) is 0 Å². The Morgan fingerprint density at radius 2 is 1.06 bits per heavy atom. The Balaban J connectivity index is 2.86. The minimum atomic E-state index is 0.152. The van der Waals surface area contributed by atoms with Crippen molar-refractivity contribution in [2.24, 2.45) is 0 Å². The fourth-order valence-electron chi connectivity index (χ4n) is 2.41. The highest BCUT2D eigenvalue weighted by molar-refractivity contribution is 5.90. The SMILES string of the molecule is Cc1c(C)c(C)c2cn(C(C)(C)C)cc2c1C. The van der Waals surface area contributed by atoms with Gasteiger partial charge in [-0.25, -0.2) is 0 Å². The predicted molar refractivity (Wildman–Crippen MR) is 75.9 cm³/mol. The maximum absolute atomic E-state index is 2.33. The Labute approximate surface area is 104 Å². The number of benzene rings is 1. The zero-order valence-corrected chi connectivity index (χ0v) is 12.1. The van der Waals surface area contributed by atoms with Gasteiger partial charge in [0.1, 0.15) is 0 Å². The van der Waals surface area contributed by atoms with Crippen LogP contribution in [0.15, 0.2) is 12.4 Å². The molecule has 0 aliphatic carbocycles. The second-order valence-electron chi connectivity index (χ2n) is 6.16. The van der Waals surface area contributed by atoms with Gasteiger partial charge in [0.25, 0.3) is 0 Å². The summed E-state index contributed by atoms with van der Waals surface area (Å²) in [6.07, 6.45) is 4.59. The molecule has 1 nitrogen and oxygen atoms in total. The van der Waals surface area contributed by atoms with E-state index in [1.54, 1.807) is 0 Å². The van der Waals surface area contributed by atoms with Gasteiger partial charge in [0.2, 0.25) is 0 Å². The van der Waals surface area contributed by atoms with E-state index in [4.69, 9.17) is 0 Å². The lowest BCUT2D eigenvalue weighted by atomic mass is 9.94. The molecule has 0 bridgehead atoms. The molecule has 0 fully saturated rings. The lowest BCUT2D eigenvalue weighted by Gasteiger charge is -2.20. The molecular weight excluding hydrogens is 206 g/mol. The molecule has 0 aliphatic heterocycles. The summed E-state index contributed by atoms with van der Waals surface area (Å²) < 4.78 is 2.33. The van der Waals surface area contributed by atoms with E-state index in [0.717, 1.165) is 0 Å². The van der Waals surface area contributed by atoms with E-state index in [-0.39, 0.29) is 5.54 Å². The first-order valence-electron chi connectivity index (χ1n) is 6.32. The molecule has 0 saturated heterocycles. The normalized spacial score (nSPS) is 12.4. The van der Waals surface area contributed by atoms with Gasteiger partial charge in [0.15, 0.2) is 0 Å². The van der Waals surface area contributed by atoms with Gasteiger partial charge >= 0.3 is 0 Å². The summed E-state index contributed by atoms with van der Waals surface area (Å²) in [5.41, 5.74) is 5.86. The molecule has 1 aromatic heterocycles. The van der Waals surface area contributed by atoms with Crippen LogP contribution in [0.3, 0.4) is 0 Å². The third-order valence-electron chi connectivity index (χ3n) is 4.10. The summed E-state index contributed by atoms with van der Waals surface area (Å²) in [7, 11) is 0. The van der Waals surface area contributed by atoms with Crippen LogP contribution in [-0.4, -0.2) is 4.57 Å². The Bertz CT molecular complexity index is 535. The average Bonchev–Trinajstić information content (AvgIpc) is 2.67. The Kier molecular flexibility index (Phi) is 2.61. The van der Waals surface area contributed by atoms with Crippen LogP contribution >= 0.6 is 0 Å². The smallest absolute Gasteiger partial charge is 0.0356 e. The molecular formula is C16H23N. The topological polar surface area (TPSA) is 4.93 Å². The van der Waals surface area contributed by atoms with Crippen molar-refractivity contribution in [1.29, 1.82) is 0 Å². The Morgan fingerprint density at radius 1 is 0.706 bits per heavy atom. The standard InChI is InChI=1S/C16H23N/c1-10-11(2)13(4)15-9-17(16(5,6)7)8-14(15)12(10)3/h8-9H,1-7H3. The highest BCUT2D eigenvalue weighted by Crippen LogP contribution is 2.31. The second kappa shape index (κ2) is 3.63. The maximum Gasteiger partial charge on any atom is 0.0356 e. The van der Waals surface area contributed by atoms with E-state index >= 15 is 0 Å². The summed E-state index contributed by atoms with van der Waals surface area (Å²) in [4.78, 5) is 0. The van der Waals surface area contributed by atoms with E-state index in [0.29, 0.717) is 0 Å². The zero-order chi connectivity index (χ0) is 13.0. The molecule has 0 spiro atoms. The molecule has 0 N–H and O–H groups in total. The number of hydrogen-bond donors (Lipinski definition) is 0. The average molecular weight is 229 g/mol. The van der Waals surface area contributed by atoms with Gasteiger partial charge < -0.3 is 4.57 Å². The molecule has 0 atom stereocenters. The van der Waals surface area contributed by atoms with E-state index in [1.165, 1.54) is 33.0 Å². The van der Waals surface area contributed by atoms with Crippen molar-refractivity contribution >= 4 is 10.8 Å². The summed E-state index contributed by atoms with van der Waals surface area (Å²) in [6, 6.07) is 0. The minimum absolute atomic E-state index is 0.152. The molecule has 1 aromatic carbocycles. The van der Waals surface area contributed by atoms with Crippen LogP contribution < -0.4 is 0 Å². The zero-order valence-electron chi connectivity index (χ0n) is 12.1. The molecule has 0 radical (unpaired) electrons. The van der Waals surface area contributed by atoms with Gasteiger partial charge in [0, 0.05) is 28.7 Å².